The van der Waals surface area contributed by atoms with Gasteiger partial charge < -0.3 is 15.2 Å². The largest absolute Gasteiger partial charge is 0.760 e. The van der Waals surface area contributed by atoms with E-state index in [1.165, 1.54) is 16.3 Å². The summed E-state index contributed by atoms with van der Waals surface area (Å²) in [5, 5.41) is 7.64. The van der Waals surface area contributed by atoms with E-state index in [2.05, 4.69) is 64.8 Å². The summed E-state index contributed by atoms with van der Waals surface area (Å²) in [6.07, 6.45) is 7.10. The molecule has 3 rings (SSSR count). The van der Waals surface area contributed by atoms with Crippen molar-refractivity contribution in [3.63, 3.8) is 0 Å². The van der Waals surface area contributed by atoms with Gasteiger partial charge >= 0.3 is 0 Å². The van der Waals surface area contributed by atoms with Crippen molar-refractivity contribution in [2.75, 3.05) is 39.3 Å². The van der Waals surface area contributed by atoms with Crippen LogP contribution in [0.25, 0.3) is 10.8 Å². The lowest BCUT2D eigenvalue weighted by Gasteiger charge is -2.38. The van der Waals surface area contributed by atoms with Gasteiger partial charge in [0.1, 0.15) is 0 Å². The van der Waals surface area contributed by atoms with Crippen molar-refractivity contribution in [2.45, 2.75) is 39.7 Å². The minimum atomic E-state index is -2.53. The van der Waals surface area contributed by atoms with Gasteiger partial charge in [-0.1, -0.05) is 48.4 Å². The molecule has 1 aliphatic heterocycles. The van der Waals surface area contributed by atoms with Gasteiger partial charge in [0, 0.05) is 35.8 Å². The van der Waals surface area contributed by atoms with Gasteiger partial charge in [-0.25, -0.2) is 4.31 Å². The average Bonchev–Trinajstić information content (AvgIpc) is 2.90. The number of carbonyl (C=O) groups is 2. The predicted octanol–water partition coefficient (Wildman–Crippen LogP) is 2.60. The fourth-order valence-corrected chi connectivity index (χ4v) is 5.18. The molecule has 2 N–H and O–H groups in total. The Morgan fingerprint density at radius 1 is 1.16 bits per heavy atom. The van der Waals surface area contributed by atoms with E-state index < -0.39 is 22.6 Å². The summed E-state index contributed by atoms with van der Waals surface area (Å²) < 4.78 is 24.8. The zero-order valence-electron chi connectivity index (χ0n) is 21.9. The number of amides is 2. The number of hydrogen-bond donors (Lipinski definition) is 2. The van der Waals surface area contributed by atoms with Gasteiger partial charge in [0.25, 0.3) is 0 Å². The van der Waals surface area contributed by atoms with Gasteiger partial charge in [0.15, 0.2) is 0 Å². The molecule has 8 nitrogen and oxygen atoms in total. The fraction of sp³-hybridized carbons (Fsp3) is 0.500. The van der Waals surface area contributed by atoms with E-state index in [0.717, 1.165) is 30.2 Å². The number of likely N-dealkylation sites (tertiary alicyclic amines) is 1. The molecule has 0 aliphatic carbocycles. The van der Waals surface area contributed by atoms with Crippen LogP contribution >= 0.6 is 0 Å². The van der Waals surface area contributed by atoms with Crippen molar-refractivity contribution in [3.8, 4) is 12.3 Å². The second-order valence-corrected chi connectivity index (χ2v) is 11.3. The molecule has 2 aromatic carbocycles. The lowest BCUT2D eigenvalue weighted by Crippen LogP contribution is -2.46. The lowest BCUT2D eigenvalue weighted by molar-refractivity contribution is -0.126. The Labute approximate surface area is 222 Å². The lowest BCUT2D eigenvalue weighted by atomic mass is 9.93. The van der Waals surface area contributed by atoms with Crippen LogP contribution in [0.5, 0.6) is 0 Å². The normalized spacial score (nSPS) is 16.8. The molecule has 0 saturated carbocycles. The Hall–Kier alpha value is -2.77. The number of benzene rings is 2. The Morgan fingerprint density at radius 3 is 2.51 bits per heavy atom. The summed E-state index contributed by atoms with van der Waals surface area (Å²) in [5.74, 6) is 1.85. The molecule has 200 valence electrons. The molecule has 1 aliphatic rings. The van der Waals surface area contributed by atoms with E-state index in [1.54, 1.807) is 0 Å². The molecular formula is C28H37N4O4S-. The van der Waals surface area contributed by atoms with E-state index in [1.807, 2.05) is 19.9 Å². The standard InChI is InChI=1S/C28H38N4O4S/c1-5-28(3,4)20-30-26(33)17-29-27(34)19-32(37(35)36)18-22-13-15-31(16-14-22)21(2)24-12-8-10-23-9-6-7-11-25(23)24/h1,6-12,21-22H,13-20H2,2-4H3,(H,29,34)(H,30,33)(H,35,36)/p-1. The van der Waals surface area contributed by atoms with E-state index >= 15 is 0 Å². The molecular weight excluding hydrogens is 488 g/mol. The average molecular weight is 526 g/mol. The highest BCUT2D eigenvalue weighted by molar-refractivity contribution is 7.76. The van der Waals surface area contributed by atoms with Gasteiger partial charge in [0.05, 0.1) is 13.1 Å². The van der Waals surface area contributed by atoms with Crippen LogP contribution in [-0.2, 0) is 20.9 Å². The third kappa shape index (κ3) is 8.37. The number of nitrogens with one attached hydrogen (secondary N) is 2. The first kappa shape index (κ1) is 28.8. The molecule has 2 amide bonds. The van der Waals surface area contributed by atoms with Crippen LogP contribution in [0.2, 0.25) is 0 Å². The summed E-state index contributed by atoms with van der Waals surface area (Å²) in [5.41, 5.74) is 0.806. The number of nitrogens with zero attached hydrogens (tertiary/aromatic N) is 2. The smallest absolute Gasteiger partial charge is 0.239 e. The van der Waals surface area contributed by atoms with Crippen LogP contribution in [-0.4, -0.2) is 69.0 Å². The monoisotopic (exact) mass is 525 g/mol. The molecule has 9 heteroatoms. The second-order valence-electron chi connectivity index (χ2n) is 10.3. The summed E-state index contributed by atoms with van der Waals surface area (Å²) in [4.78, 5) is 26.7. The Balaban J connectivity index is 1.47. The quantitative estimate of drug-likeness (QED) is 0.347. The highest BCUT2D eigenvalue weighted by Gasteiger charge is 2.26. The predicted molar refractivity (Wildman–Crippen MR) is 146 cm³/mol. The summed E-state index contributed by atoms with van der Waals surface area (Å²) >= 11 is -2.53. The van der Waals surface area contributed by atoms with Crippen molar-refractivity contribution >= 4 is 33.9 Å². The molecule has 0 aromatic heterocycles. The van der Waals surface area contributed by atoms with Crippen molar-refractivity contribution < 1.29 is 18.4 Å². The molecule has 0 bridgehead atoms. The molecule has 1 fully saturated rings. The van der Waals surface area contributed by atoms with Gasteiger partial charge in [0.2, 0.25) is 11.8 Å². The van der Waals surface area contributed by atoms with Crippen molar-refractivity contribution in [2.24, 2.45) is 11.3 Å². The van der Waals surface area contributed by atoms with E-state index in [-0.39, 0.29) is 44.0 Å². The van der Waals surface area contributed by atoms with Crippen LogP contribution in [0.4, 0.5) is 0 Å². The van der Waals surface area contributed by atoms with E-state index in [9.17, 15) is 18.4 Å². The first-order valence-electron chi connectivity index (χ1n) is 12.7. The molecule has 2 unspecified atom stereocenters. The van der Waals surface area contributed by atoms with Crippen LogP contribution < -0.4 is 10.6 Å². The maximum Gasteiger partial charge on any atom is 0.239 e. The number of carbonyl (C=O) groups excluding carboxylic acids is 2. The van der Waals surface area contributed by atoms with Gasteiger partial charge in [-0.05, 0) is 69.0 Å². The topological polar surface area (TPSA) is 105 Å². The minimum Gasteiger partial charge on any atom is -0.760 e. The number of hydrogen-bond acceptors (Lipinski definition) is 5. The third-order valence-electron chi connectivity index (χ3n) is 7.03. The summed E-state index contributed by atoms with van der Waals surface area (Å²) in [6.45, 7) is 7.59. The number of fused-ring (bicyclic) bond motifs is 1. The highest BCUT2D eigenvalue weighted by Crippen LogP contribution is 2.31. The van der Waals surface area contributed by atoms with Crippen LogP contribution in [0.15, 0.2) is 42.5 Å². The first-order chi connectivity index (χ1) is 17.6. The molecule has 0 radical (unpaired) electrons. The number of rotatable bonds is 11. The molecule has 0 spiro atoms. The molecule has 2 aromatic rings. The Kier molecular flexibility index (Phi) is 10.2. The summed E-state index contributed by atoms with van der Waals surface area (Å²) in [7, 11) is 0. The minimum absolute atomic E-state index is 0.163. The van der Waals surface area contributed by atoms with Crippen molar-refractivity contribution in [3.05, 3.63) is 48.0 Å². The maximum absolute atomic E-state index is 12.3. The van der Waals surface area contributed by atoms with E-state index in [4.69, 9.17) is 6.42 Å². The zero-order valence-corrected chi connectivity index (χ0v) is 22.7. The molecule has 37 heavy (non-hydrogen) atoms. The van der Waals surface area contributed by atoms with Gasteiger partial charge in [-0.3, -0.25) is 18.7 Å². The third-order valence-corrected chi connectivity index (χ3v) is 7.73. The zero-order chi connectivity index (χ0) is 27.0. The Bertz CT molecular complexity index is 1150. The Morgan fingerprint density at radius 2 is 1.84 bits per heavy atom. The van der Waals surface area contributed by atoms with E-state index in [0.29, 0.717) is 0 Å². The van der Waals surface area contributed by atoms with Crippen molar-refractivity contribution in [1.29, 1.82) is 0 Å². The van der Waals surface area contributed by atoms with Gasteiger partial charge in [-0.15, -0.1) is 6.42 Å². The van der Waals surface area contributed by atoms with Crippen LogP contribution in [0.3, 0.4) is 0 Å². The molecule has 1 heterocycles. The fourth-order valence-electron chi connectivity index (χ4n) is 4.63. The number of piperidine rings is 1. The molecule has 2 atom stereocenters. The van der Waals surface area contributed by atoms with Gasteiger partial charge in [-0.2, -0.15) is 0 Å². The van der Waals surface area contributed by atoms with Crippen LogP contribution in [0, 0.1) is 23.7 Å². The van der Waals surface area contributed by atoms with Crippen LogP contribution in [0.1, 0.15) is 45.2 Å². The highest BCUT2D eigenvalue weighted by atomic mass is 32.2. The number of terminal acetylenes is 1. The second kappa shape index (κ2) is 13.2. The van der Waals surface area contributed by atoms with Crippen molar-refractivity contribution in [1.82, 2.24) is 19.8 Å². The SMILES string of the molecule is C#CC(C)(C)CNC(=O)CNC(=O)CN(CC1CCN(C(C)c2cccc3ccccc23)CC1)S(=O)[O-]. The maximum atomic E-state index is 12.3. The first-order valence-corrected chi connectivity index (χ1v) is 13.7. The molecule has 1 saturated heterocycles. The summed E-state index contributed by atoms with van der Waals surface area (Å²) in [6, 6.07) is 15.0.